The summed E-state index contributed by atoms with van der Waals surface area (Å²) in [6, 6.07) is 3.62. The van der Waals surface area contributed by atoms with Crippen LogP contribution in [0.15, 0.2) is 0 Å². The van der Waals surface area contributed by atoms with Crippen molar-refractivity contribution in [2.24, 2.45) is 47.3 Å². The zero-order valence-electron chi connectivity index (χ0n) is 38.1. The van der Waals surface area contributed by atoms with Crippen LogP contribution in [-0.2, 0) is 49.4 Å². The Hall–Kier alpha value is 1.18. The lowest BCUT2D eigenvalue weighted by Gasteiger charge is -2.64. The fourth-order valence-electron chi connectivity index (χ4n) is 9.73. The second-order valence-corrected chi connectivity index (χ2v) is 45.3. The normalized spacial score (nSPS) is 44.2. The van der Waals surface area contributed by atoms with E-state index in [1.54, 1.807) is 0 Å². The van der Waals surface area contributed by atoms with E-state index in [1.165, 1.54) is 0 Å². The van der Waals surface area contributed by atoms with Gasteiger partial charge in [-0.25, -0.2) is 0 Å². The fourth-order valence-corrected chi connectivity index (χ4v) is 61.5. The lowest BCUT2D eigenvalue weighted by molar-refractivity contribution is -0.0367. The maximum Gasteiger partial charge on any atom is 0.479 e. The minimum atomic E-state index is -4.06. The van der Waals surface area contributed by atoms with Gasteiger partial charge in [0.2, 0.25) is 0 Å². The number of hydrogen-bond donors (Lipinski definition) is 2. The standard InChI is InChI=1S/C36H78O14Si8/c1-27(2)20-52-39-51(18-17-34-15-16-35(37)36(38)19-34)40-53(21-28(3)4)44-55(42-52,23-30(7)8)48-58(26-33(13)14)49-56(43-52,24-31(9)10)45-54(41-51,22-29(5)6)47-57(46-53,50-58)25-32(11)12/h27-38H,15-26H2,1-14H3. The third-order valence-electron chi connectivity index (χ3n) is 11.1. The average Bonchev–Trinajstić information content (AvgIpc) is 2.95. The smallest absolute Gasteiger partial charge is 0.390 e. The van der Waals surface area contributed by atoms with Crippen LogP contribution in [-0.4, -0.2) is 92.9 Å². The Morgan fingerprint density at radius 3 is 0.776 bits per heavy atom. The number of aliphatic hydroxyl groups is 2. The molecule has 7 fully saturated rings. The lowest BCUT2D eigenvalue weighted by atomic mass is 9.84. The summed E-state index contributed by atoms with van der Waals surface area (Å²) in [5.41, 5.74) is 0. The molecule has 0 aromatic heterocycles. The van der Waals surface area contributed by atoms with Crippen LogP contribution >= 0.6 is 0 Å². The molecule has 6 heterocycles. The molecule has 2 N–H and O–H groups in total. The first-order chi connectivity index (χ1) is 26.8. The van der Waals surface area contributed by atoms with Crippen LogP contribution in [0.2, 0.25) is 48.4 Å². The largest absolute Gasteiger partial charge is 0.479 e. The Morgan fingerprint density at radius 1 is 0.345 bits per heavy atom. The highest BCUT2D eigenvalue weighted by atomic mass is 28.6. The van der Waals surface area contributed by atoms with Crippen molar-refractivity contribution < 1.29 is 59.6 Å². The Bertz CT molecular complexity index is 1260. The van der Waals surface area contributed by atoms with Crippen LogP contribution in [0, 0.1) is 47.3 Å². The summed E-state index contributed by atoms with van der Waals surface area (Å²) in [7, 11) is -31.8. The predicted molar refractivity (Wildman–Crippen MR) is 235 cm³/mol. The summed E-state index contributed by atoms with van der Waals surface area (Å²) < 4.78 is 93.8. The molecule has 0 aromatic carbocycles. The first kappa shape index (κ1) is 48.6. The van der Waals surface area contributed by atoms with Gasteiger partial charge in [0.15, 0.2) is 0 Å². The van der Waals surface area contributed by atoms with Gasteiger partial charge in [0.1, 0.15) is 0 Å². The molecule has 0 aromatic rings. The highest BCUT2D eigenvalue weighted by Gasteiger charge is 2.83. The van der Waals surface area contributed by atoms with Gasteiger partial charge in [0.05, 0.1) is 12.2 Å². The molecule has 6 saturated heterocycles. The van der Waals surface area contributed by atoms with E-state index in [0.29, 0.717) is 67.6 Å². The van der Waals surface area contributed by atoms with E-state index in [-0.39, 0.29) is 47.3 Å². The van der Waals surface area contributed by atoms with Crippen LogP contribution in [0.25, 0.3) is 0 Å². The highest BCUT2D eigenvalue weighted by molar-refractivity contribution is 7.03. The first-order valence-corrected chi connectivity index (χ1v) is 38.0. The van der Waals surface area contributed by atoms with Gasteiger partial charge < -0.3 is 59.6 Å². The maximum atomic E-state index is 10.8. The summed E-state index contributed by atoms with van der Waals surface area (Å²) in [4.78, 5) is 0. The summed E-state index contributed by atoms with van der Waals surface area (Å²) in [5, 5.41) is 21.3. The Kier molecular flexibility index (Phi) is 15.0. The molecule has 3 atom stereocenters. The average molecular weight is 960 g/mol. The molecular weight excluding hydrogens is 881 g/mol. The van der Waals surface area contributed by atoms with Gasteiger partial charge in [-0.3, -0.25) is 0 Å². The predicted octanol–water partition coefficient (Wildman–Crippen LogP) is 8.27. The van der Waals surface area contributed by atoms with Crippen molar-refractivity contribution in [2.45, 2.75) is 183 Å². The van der Waals surface area contributed by atoms with E-state index >= 15 is 0 Å². The zero-order chi connectivity index (χ0) is 42.7. The summed E-state index contributed by atoms with van der Waals surface area (Å²) in [5.74, 6) is 0.807. The molecule has 1 saturated carbocycles. The van der Waals surface area contributed by atoms with Crippen molar-refractivity contribution in [3.05, 3.63) is 0 Å². The third-order valence-corrected chi connectivity index (χ3v) is 51.1. The minimum Gasteiger partial charge on any atom is -0.390 e. The molecule has 0 radical (unpaired) electrons. The van der Waals surface area contributed by atoms with E-state index in [2.05, 4.69) is 96.9 Å². The molecule has 58 heavy (non-hydrogen) atoms. The van der Waals surface area contributed by atoms with Crippen molar-refractivity contribution in [2.75, 3.05) is 0 Å². The second-order valence-electron chi connectivity index (χ2n) is 21.2. The first-order valence-electron chi connectivity index (χ1n) is 22.6. The van der Waals surface area contributed by atoms with Crippen LogP contribution in [0.5, 0.6) is 0 Å². The van der Waals surface area contributed by atoms with Gasteiger partial charge in [-0.15, -0.1) is 0 Å². The summed E-state index contributed by atoms with van der Waals surface area (Å²) in [6.07, 6.45) is 0.895. The summed E-state index contributed by atoms with van der Waals surface area (Å²) in [6.45, 7) is 30.2. The van der Waals surface area contributed by atoms with Crippen LogP contribution < -0.4 is 0 Å². The third kappa shape index (κ3) is 11.2. The number of aliphatic hydroxyl groups excluding tert-OH is 2. The maximum absolute atomic E-state index is 10.8. The Labute approximate surface area is 358 Å². The van der Waals surface area contributed by atoms with Gasteiger partial charge in [-0.1, -0.05) is 96.9 Å². The molecule has 6 aliphatic heterocycles. The quantitative estimate of drug-likeness (QED) is 0.135. The molecule has 7 rings (SSSR count). The van der Waals surface area contributed by atoms with Crippen LogP contribution in [0.3, 0.4) is 0 Å². The van der Waals surface area contributed by atoms with Gasteiger partial charge in [0.25, 0.3) is 0 Å². The Morgan fingerprint density at radius 2 is 0.569 bits per heavy atom. The van der Waals surface area contributed by atoms with Crippen molar-refractivity contribution in [1.82, 2.24) is 0 Å². The minimum absolute atomic E-state index is 0.0896. The van der Waals surface area contributed by atoms with E-state index in [0.717, 1.165) is 6.42 Å². The van der Waals surface area contributed by atoms with Gasteiger partial charge >= 0.3 is 70.4 Å². The highest BCUT2D eigenvalue weighted by Crippen LogP contribution is 2.56. The molecule has 0 amide bonds. The molecule has 1 aliphatic carbocycles. The molecule has 8 bridgehead atoms. The monoisotopic (exact) mass is 958 g/mol. The van der Waals surface area contributed by atoms with Crippen LogP contribution in [0.4, 0.5) is 0 Å². The van der Waals surface area contributed by atoms with Gasteiger partial charge in [0, 0.05) is 48.4 Å². The van der Waals surface area contributed by atoms with Crippen molar-refractivity contribution >= 4 is 70.4 Å². The zero-order valence-corrected chi connectivity index (χ0v) is 46.1. The van der Waals surface area contributed by atoms with E-state index in [1.807, 2.05) is 0 Å². The molecule has 3 unspecified atom stereocenters. The number of hydrogen-bond acceptors (Lipinski definition) is 14. The topological polar surface area (TPSA) is 151 Å². The Balaban J connectivity index is 1.70. The van der Waals surface area contributed by atoms with Gasteiger partial charge in [-0.2, -0.15) is 0 Å². The fraction of sp³-hybridized carbons (Fsp3) is 1.00. The lowest BCUT2D eigenvalue weighted by Crippen LogP contribution is -2.88. The molecule has 14 nitrogen and oxygen atoms in total. The van der Waals surface area contributed by atoms with Crippen LogP contribution in [0.1, 0.15) is 123 Å². The molecule has 338 valence electrons. The van der Waals surface area contributed by atoms with E-state index in [9.17, 15) is 10.2 Å². The molecule has 0 spiro atoms. The van der Waals surface area contributed by atoms with E-state index < -0.39 is 82.6 Å². The molecule has 7 aliphatic rings. The van der Waals surface area contributed by atoms with Gasteiger partial charge in [-0.05, 0) is 73.0 Å². The molecule has 22 heteroatoms. The van der Waals surface area contributed by atoms with Crippen molar-refractivity contribution in [3.63, 3.8) is 0 Å². The van der Waals surface area contributed by atoms with Crippen molar-refractivity contribution in [3.8, 4) is 0 Å². The molecular formula is C36H78O14Si8. The SMILES string of the molecule is CC(C)C[Si]12O[Si]3(CCC4CCC(O)C(O)C4)O[Si]4(CC(C)C)O[Si](CC(C)C)(O1)O[Si]1(CC(C)C)O[Si](CC(C)C)(O2)O[Si](CC(C)C)(O3)O[Si](CC(C)C)(O4)O1. The summed E-state index contributed by atoms with van der Waals surface area (Å²) >= 11 is 0. The number of rotatable bonds is 17. The second kappa shape index (κ2) is 17.9. The van der Waals surface area contributed by atoms with Crippen molar-refractivity contribution in [1.29, 1.82) is 0 Å². The van der Waals surface area contributed by atoms with E-state index in [4.69, 9.17) is 49.4 Å².